The molecule has 2 N–H and O–H groups in total. The van der Waals surface area contributed by atoms with Crippen molar-refractivity contribution in [1.29, 1.82) is 0 Å². The highest BCUT2D eigenvalue weighted by atomic mass is 19.3. The number of amidine groups is 1. The second kappa shape index (κ2) is 5.61. The van der Waals surface area contributed by atoms with E-state index in [1.807, 2.05) is 0 Å². The van der Waals surface area contributed by atoms with Crippen molar-refractivity contribution >= 4 is 5.84 Å². The van der Waals surface area contributed by atoms with Crippen molar-refractivity contribution in [3.05, 3.63) is 29.6 Å². The van der Waals surface area contributed by atoms with Crippen molar-refractivity contribution in [3.8, 4) is 0 Å². The van der Waals surface area contributed by atoms with E-state index in [4.69, 9.17) is 0 Å². The average molecular weight is 271 g/mol. The van der Waals surface area contributed by atoms with Gasteiger partial charge >= 0.3 is 5.92 Å². The summed E-state index contributed by atoms with van der Waals surface area (Å²) in [6.45, 7) is 4.24. The summed E-state index contributed by atoms with van der Waals surface area (Å²) < 4.78 is 28.0. The van der Waals surface area contributed by atoms with Gasteiger partial charge in [-0.3, -0.25) is 9.98 Å². The zero-order chi connectivity index (χ0) is 14.7. The fourth-order valence-corrected chi connectivity index (χ4v) is 1.42. The van der Waals surface area contributed by atoms with Gasteiger partial charge < -0.3 is 10.4 Å². The van der Waals surface area contributed by atoms with Crippen LogP contribution < -0.4 is 5.32 Å². The summed E-state index contributed by atoms with van der Waals surface area (Å²) >= 11 is 0. The third-order valence-electron chi connectivity index (χ3n) is 2.81. The zero-order valence-electron chi connectivity index (χ0n) is 11.5. The first-order chi connectivity index (χ1) is 8.68. The Kier molecular flexibility index (Phi) is 4.57. The lowest BCUT2D eigenvalue weighted by Gasteiger charge is -2.29. The van der Waals surface area contributed by atoms with E-state index in [1.54, 1.807) is 14.0 Å². The first kappa shape index (κ1) is 15.5. The maximum absolute atomic E-state index is 14.0. The molecule has 0 atom stereocenters. The van der Waals surface area contributed by atoms with Crippen molar-refractivity contribution in [2.24, 2.45) is 4.99 Å². The van der Waals surface area contributed by atoms with E-state index >= 15 is 0 Å². The molecular weight excluding hydrogens is 252 g/mol. The lowest BCUT2D eigenvalue weighted by Crippen LogP contribution is -2.40. The van der Waals surface area contributed by atoms with Crippen LogP contribution in [0.25, 0.3) is 0 Å². The van der Waals surface area contributed by atoms with Crippen LogP contribution in [0.4, 0.5) is 8.78 Å². The number of nitrogens with zero attached hydrogens (tertiary/aromatic N) is 2. The molecular formula is C13H19F2N3O. The Morgan fingerprint density at radius 3 is 2.63 bits per heavy atom. The van der Waals surface area contributed by atoms with Gasteiger partial charge in [0.15, 0.2) is 0 Å². The number of alkyl halides is 2. The molecule has 19 heavy (non-hydrogen) atoms. The van der Waals surface area contributed by atoms with Crippen LogP contribution in [0.1, 0.15) is 32.0 Å². The molecule has 106 valence electrons. The second-order valence-corrected chi connectivity index (χ2v) is 4.83. The summed E-state index contributed by atoms with van der Waals surface area (Å²) in [5, 5.41) is 12.5. The molecule has 6 heteroatoms. The molecule has 0 aliphatic carbocycles. The molecule has 0 amide bonds. The van der Waals surface area contributed by atoms with Crippen molar-refractivity contribution in [2.75, 3.05) is 7.05 Å². The van der Waals surface area contributed by atoms with Gasteiger partial charge in [-0.2, -0.15) is 8.78 Å². The Labute approximate surface area is 111 Å². The smallest absolute Gasteiger partial charge is 0.300 e. The first-order valence-electron chi connectivity index (χ1n) is 5.91. The van der Waals surface area contributed by atoms with Crippen LogP contribution in [0.3, 0.4) is 0 Å². The van der Waals surface area contributed by atoms with E-state index in [1.165, 1.54) is 18.3 Å². The van der Waals surface area contributed by atoms with Crippen LogP contribution in [-0.4, -0.2) is 28.6 Å². The maximum Gasteiger partial charge on any atom is 0.300 e. The van der Waals surface area contributed by atoms with Crippen molar-refractivity contribution in [2.45, 2.75) is 38.8 Å². The molecule has 0 unspecified atom stereocenters. The van der Waals surface area contributed by atoms with Gasteiger partial charge in [0.05, 0.1) is 18.1 Å². The fraction of sp³-hybridized carbons (Fsp3) is 0.538. The summed E-state index contributed by atoms with van der Waals surface area (Å²) in [6.07, 6.45) is 1.31. The summed E-state index contributed by atoms with van der Waals surface area (Å²) in [5.41, 5.74) is -1.91. The highest BCUT2D eigenvalue weighted by Gasteiger charge is 2.47. The molecule has 1 aromatic rings. The molecule has 0 fully saturated rings. The Morgan fingerprint density at radius 1 is 1.47 bits per heavy atom. The van der Waals surface area contributed by atoms with E-state index in [9.17, 15) is 13.9 Å². The summed E-state index contributed by atoms with van der Waals surface area (Å²) in [7, 11) is 1.63. The minimum Gasteiger partial charge on any atom is -0.384 e. The highest BCUT2D eigenvalue weighted by Crippen LogP contribution is 2.38. The molecule has 1 aromatic heterocycles. The Bertz CT molecular complexity index is 467. The number of nitrogens with one attached hydrogen (secondary N) is 1. The quantitative estimate of drug-likeness (QED) is 0.651. The fourth-order valence-electron chi connectivity index (χ4n) is 1.42. The predicted octanol–water partition coefficient (Wildman–Crippen LogP) is 2.08. The van der Waals surface area contributed by atoms with Crippen LogP contribution in [0.2, 0.25) is 0 Å². The molecule has 0 saturated heterocycles. The SMILES string of the molecule is C/N=C(\C)NCc1cc(C(F)(F)C(C)(C)O)ccn1. The maximum atomic E-state index is 14.0. The van der Waals surface area contributed by atoms with E-state index < -0.39 is 11.5 Å². The van der Waals surface area contributed by atoms with Gasteiger partial charge in [-0.1, -0.05) is 0 Å². The van der Waals surface area contributed by atoms with Crippen LogP contribution in [0.15, 0.2) is 23.3 Å². The standard InChI is InChI=1S/C13H19F2N3O/c1-9(16-4)18-8-11-7-10(5-6-17-11)13(14,15)12(2,3)19/h5-7,19H,8H2,1-4H3,(H,16,18). The number of rotatable bonds is 4. The molecule has 0 aromatic carbocycles. The summed E-state index contributed by atoms with van der Waals surface area (Å²) in [4.78, 5) is 7.91. The van der Waals surface area contributed by atoms with Crippen LogP contribution >= 0.6 is 0 Å². The van der Waals surface area contributed by atoms with Crippen molar-refractivity contribution < 1.29 is 13.9 Å². The van der Waals surface area contributed by atoms with Crippen LogP contribution in [0.5, 0.6) is 0 Å². The molecule has 1 heterocycles. The van der Waals surface area contributed by atoms with Crippen molar-refractivity contribution in [3.63, 3.8) is 0 Å². The number of hydrogen-bond donors (Lipinski definition) is 2. The molecule has 0 aliphatic rings. The number of halogens is 2. The summed E-state index contributed by atoms with van der Waals surface area (Å²) in [5.74, 6) is -2.64. The average Bonchev–Trinajstić information content (AvgIpc) is 2.35. The third-order valence-corrected chi connectivity index (χ3v) is 2.81. The van der Waals surface area contributed by atoms with Gasteiger partial charge in [-0.05, 0) is 32.9 Å². The molecule has 0 saturated carbocycles. The van der Waals surface area contributed by atoms with Gasteiger partial charge in [0.25, 0.3) is 0 Å². The predicted molar refractivity (Wildman–Crippen MR) is 70.3 cm³/mol. The molecule has 1 rings (SSSR count). The van der Waals surface area contributed by atoms with Gasteiger partial charge in [0, 0.05) is 18.8 Å². The molecule has 4 nitrogen and oxygen atoms in total. The van der Waals surface area contributed by atoms with E-state index in [-0.39, 0.29) is 5.56 Å². The lowest BCUT2D eigenvalue weighted by atomic mass is 9.94. The molecule has 0 radical (unpaired) electrons. The zero-order valence-corrected chi connectivity index (χ0v) is 11.5. The third kappa shape index (κ3) is 3.70. The Balaban J connectivity index is 2.95. The number of pyridine rings is 1. The minimum absolute atomic E-state index is 0.252. The monoisotopic (exact) mass is 271 g/mol. The van der Waals surface area contributed by atoms with Gasteiger partial charge in [0.2, 0.25) is 0 Å². The molecule has 0 aliphatic heterocycles. The van der Waals surface area contributed by atoms with Gasteiger partial charge in [0.1, 0.15) is 5.60 Å². The largest absolute Gasteiger partial charge is 0.384 e. The van der Waals surface area contributed by atoms with E-state index in [0.29, 0.717) is 18.1 Å². The number of aromatic nitrogens is 1. The molecule has 0 spiro atoms. The van der Waals surface area contributed by atoms with Crippen LogP contribution in [0, 0.1) is 0 Å². The van der Waals surface area contributed by atoms with Gasteiger partial charge in [-0.25, -0.2) is 0 Å². The number of hydrogen-bond acceptors (Lipinski definition) is 3. The molecule has 0 bridgehead atoms. The number of aliphatic imine (C=N–C) groups is 1. The van der Waals surface area contributed by atoms with Crippen molar-refractivity contribution in [1.82, 2.24) is 10.3 Å². The topological polar surface area (TPSA) is 57.5 Å². The normalized spacial score (nSPS) is 13.5. The van der Waals surface area contributed by atoms with Crippen LogP contribution in [-0.2, 0) is 12.5 Å². The lowest BCUT2D eigenvalue weighted by molar-refractivity contribution is -0.168. The minimum atomic E-state index is -3.33. The van der Waals surface area contributed by atoms with Gasteiger partial charge in [-0.15, -0.1) is 0 Å². The highest BCUT2D eigenvalue weighted by molar-refractivity contribution is 5.79. The Hall–Kier alpha value is -1.56. The van der Waals surface area contributed by atoms with E-state index in [0.717, 1.165) is 13.8 Å². The number of aliphatic hydroxyl groups is 1. The first-order valence-corrected chi connectivity index (χ1v) is 5.91. The summed E-state index contributed by atoms with van der Waals surface area (Å²) in [6, 6.07) is 2.50. The van der Waals surface area contributed by atoms with E-state index in [2.05, 4.69) is 15.3 Å². The second-order valence-electron chi connectivity index (χ2n) is 4.83. The Morgan fingerprint density at radius 2 is 2.11 bits per heavy atom.